The van der Waals surface area contributed by atoms with Crippen LogP contribution in [0.5, 0.6) is 0 Å². The van der Waals surface area contributed by atoms with Crippen LogP contribution in [0.25, 0.3) is 10.9 Å². The predicted octanol–water partition coefficient (Wildman–Crippen LogP) is 2.60. The molecule has 1 aromatic carbocycles. The van der Waals surface area contributed by atoms with Crippen molar-refractivity contribution in [2.24, 2.45) is 7.05 Å². The number of rotatable bonds is 3. The van der Waals surface area contributed by atoms with Gasteiger partial charge in [-0.1, -0.05) is 34.8 Å². The van der Waals surface area contributed by atoms with E-state index in [0.717, 1.165) is 0 Å². The minimum atomic E-state index is -1.04. The molecule has 26 heavy (non-hydrogen) atoms. The zero-order valence-corrected chi connectivity index (χ0v) is 16.7. The van der Waals surface area contributed by atoms with Crippen molar-refractivity contribution >= 4 is 51.6 Å². The van der Waals surface area contributed by atoms with Crippen molar-refractivity contribution in [3.63, 3.8) is 0 Å². The minimum absolute atomic E-state index is 0.0869. The number of piperazine rings is 1. The summed E-state index contributed by atoms with van der Waals surface area (Å²) in [4.78, 5) is 32.0. The van der Waals surface area contributed by atoms with E-state index in [9.17, 15) is 9.59 Å². The smallest absolute Gasteiger partial charge is 0.261 e. The van der Waals surface area contributed by atoms with Gasteiger partial charge in [-0.25, -0.2) is 4.98 Å². The number of carbonyl (C=O) groups is 1. The molecule has 0 bridgehead atoms. The first kappa shape index (κ1) is 19.4. The highest BCUT2D eigenvalue weighted by molar-refractivity contribution is 6.53. The van der Waals surface area contributed by atoms with Crippen molar-refractivity contribution in [3.8, 4) is 0 Å². The summed E-state index contributed by atoms with van der Waals surface area (Å²) in [6.45, 7) is 4.37. The molecule has 1 unspecified atom stereocenters. The fraction of sp³-hybridized carbons (Fsp3) is 0.471. The number of benzene rings is 1. The maximum atomic E-state index is 12.6. The molecule has 0 spiro atoms. The molecule has 1 aromatic heterocycles. The fourth-order valence-corrected chi connectivity index (χ4v) is 3.71. The molecule has 140 valence electrons. The van der Waals surface area contributed by atoms with Crippen LogP contribution in [0.3, 0.4) is 0 Å². The lowest BCUT2D eigenvalue weighted by Crippen LogP contribution is -2.51. The molecule has 1 atom stereocenters. The van der Waals surface area contributed by atoms with E-state index < -0.39 is 4.84 Å². The number of hydrogen-bond acceptors (Lipinski definition) is 4. The Kier molecular flexibility index (Phi) is 5.77. The Morgan fingerprint density at radius 2 is 1.85 bits per heavy atom. The molecule has 2 heterocycles. The van der Waals surface area contributed by atoms with Crippen molar-refractivity contribution in [3.05, 3.63) is 39.4 Å². The van der Waals surface area contributed by atoms with Gasteiger partial charge in [0.15, 0.2) is 4.84 Å². The number of alkyl halides is 2. The number of carbonyl (C=O) groups excluding carboxylic acids is 1. The first-order valence-corrected chi connectivity index (χ1v) is 9.52. The van der Waals surface area contributed by atoms with E-state index in [0.29, 0.717) is 47.9 Å². The van der Waals surface area contributed by atoms with Gasteiger partial charge in [0, 0.05) is 38.2 Å². The standard InChI is InChI=1S/C17H19Cl3N4O2/c1-10(23-5-7-24(8-6-23)17(26)14(19)20)15-21-13-9-11(18)3-4-12(13)16(25)22(15)2/h3-4,9-10,14H,5-8H2,1-2H3. The lowest BCUT2D eigenvalue weighted by Gasteiger charge is -2.38. The molecular formula is C17H19Cl3N4O2. The molecule has 1 aliphatic heterocycles. The van der Waals surface area contributed by atoms with E-state index in [1.54, 1.807) is 34.7 Å². The van der Waals surface area contributed by atoms with Gasteiger partial charge >= 0.3 is 0 Å². The third-order valence-electron chi connectivity index (χ3n) is 4.81. The predicted molar refractivity (Wildman–Crippen MR) is 104 cm³/mol. The zero-order chi connectivity index (χ0) is 19.0. The highest BCUT2D eigenvalue weighted by atomic mass is 35.5. The Labute approximate surface area is 166 Å². The largest absolute Gasteiger partial charge is 0.338 e. The SMILES string of the molecule is CC(c1nc2cc(Cl)ccc2c(=O)n1C)N1CCN(C(=O)C(Cl)Cl)CC1. The summed E-state index contributed by atoms with van der Waals surface area (Å²) in [6, 6.07) is 5.00. The van der Waals surface area contributed by atoms with Crippen molar-refractivity contribution in [2.45, 2.75) is 17.8 Å². The molecule has 0 saturated carbocycles. The third kappa shape index (κ3) is 3.69. The average Bonchev–Trinajstić information content (AvgIpc) is 2.63. The summed E-state index contributed by atoms with van der Waals surface area (Å²) < 4.78 is 1.58. The van der Waals surface area contributed by atoms with Crippen LogP contribution in [0.15, 0.2) is 23.0 Å². The molecule has 1 amide bonds. The maximum Gasteiger partial charge on any atom is 0.261 e. The Morgan fingerprint density at radius 3 is 2.46 bits per heavy atom. The Hall–Kier alpha value is -1.34. The third-order valence-corrected chi connectivity index (χ3v) is 5.42. The van der Waals surface area contributed by atoms with Gasteiger partial charge in [0.2, 0.25) is 0 Å². The molecule has 0 N–H and O–H groups in total. The van der Waals surface area contributed by atoms with E-state index in [2.05, 4.69) is 9.88 Å². The van der Waals surface area contributed by atoms with Gasteiger partial charge in [-0.2, -0.15) is 0 Å². The number of fused-ring (bicyclic) bond motifs is 1. The van der Waals surface area contributed by atoms with Crippen LogP contribution < -0.4 is 5.56 Å². The van der Waals surface area contributed by atoms with Gasteiger partial charge in [0.25, 0.3) is 11.5 Å². The molecule has 2 aromatic rings. The van der Waals surface area contributed by atoms with Crippen molar-refractivity contribution in [1.82, 2.24) is 19.4 Å². The van der Waals surface area contributed by atoms with Gasteiger partial charge in [-0.3, -0.25) is 19.1 Å². The number of nitrogens with zero attached hydrogens (tertiary/aromatic N) is 4. The van der Waals surface area contributed by atoms with Crippen LogP contribution in [0.1, 0.15) is 18.8 Å². The van der Waals surface area contributed by atoms with E-state index in [4.69, 9.17) is 34.8 Å². The van der Waals surface area contributed by atoms with Gasteiger partial charge < -0.3 is 4.90 Å². The van der Waals surface area contributed by atoms with Crippen LogP contribution >= 0.6 is 34.8 Å². The normalized spacial score (nSPS) is 17.1. The first-order valence-electron chi connectivity index (χ1n) is 8.26. The lowest BCUT2D eigenvalue weighted by molar-refractivity contribution is -0.131. The first-order chi connectivity index (χ1) is 12.3. The van der Waals surface area contributed by atoms with Gasteiger partial charge in [-0.05, 0) is 25.1 Å². The Morgan fingerprint density at radius 1 is 1.19 bits per heavy atom. The molecule has 1 aliphatic rings. The van der Waals surface area contributed by atoms with Gasteiger partial charge in [0.1, 0.15) is 5.82 Å². The number of aromatic nitrogens is 2. The molecule has 6 nitrogen and oxygen atoms in total. The van der Waals surface area contributed by atoms with Crippen LogP contribution in [0.2, 0.25) is 5.02 Å². The molecular weight excluding hydrogens is 399 g/mol. The maximum absolute atomic E-state index is 12.6. The second-order valence-electron chi connectivity index (χ2n) is 6.33. The van der Waals surface area contributed by atoms with Crippen molar-refractivity contribution < 1.29 is 4.79 Å². The van der Waals surface area contributed by atoms with Crippen molar-refractivity contribution in [1.29, 1.82) is 0 Å². The molecule has 1 saturated heterocycles. The molecule has 9 heteroatoms. The van der Waals surface area contributed by atoms with E-state index in [1.807, 2.05) is 6.92 Å². The number of hydrogen-bond donors (Lipinski definition) is 0. The average molecular weight is 418 g/mol. The summed E-state index contributed by atoms with van der Waals surface area (Å²) in [6.07, 6.45) is 0. The second-order valence-corrected chi connectivity index (χ2v) is 7.87. The highest BCUT2D eigenvalue weighted by Gasteiger charge is 2.28. The Balaban J connectivity index is 1.85. The van der Waals surface area contributed by atoms with Crippen LogP contribution in [0.4, 0.5) is 0 Å². The van der Waals surface area contributed by atoms with Crippen molar-refractivity contribution in [2.75, 3.05) is 26.2 Å². The van der Waals surface area contributed by atoms with Gasteiger partial charge in [-0.15, -0.1) is 0 Å². The molecule has 1 fully saturated rings. The second kappa shape index (κ2) is 7.72. The summed E-state index contributed by atoms with van der Waals surface area (Å²) >= 11 is 17.4. The quantitative estimate of drug-likeness (QED) is 0.720. The monoisotopic (exact) mass is 416 g/mol. The summed E-state index contributed by atoms with van der Waals surface area (Å²) in [5.74, 6) is 0.392. The molecule has 0 aliphatic carbocycles. The zero-order valence-electron chi connectivity index (χ0n) is 14.5. The fourth-order valence-electron chi connectivity index (χ4n) is 3.27. The van der Waals surface area contributed by atoms with Crippen LogP contribution in [-0.2, 0) is 11.8 Å². The van der Waals surface area contributed by atoms with E-state index in [-0.39, 0.29) is 17.5 Å². The van der Waals surface area contributed by atoms with Crippen LogP contribution in [-0.4, -0.2) is 56.3 Å². The number of halogens is 3. The summed E-state index contributed by atoms with van der Waals surface area (Å²) in [5, 5.41) is 1.08. The number of amides is 1. The van der Waals surface area contributed by atoms with E-state index in [1.165, 1.54) is 0 Å². The molecule has 3 rings (SSSR count). The van der Waals surface area contributed by atoms with Crippen LogP contribution in [0, 0.1) is 0 Å². The lowest BCUT2D eigenvalue weighted by atomic mass is 10.2. The molecule has 0 radical (unpaired) electrons. The minimum Gasteiger partial charge on any atom is -0.338 e. The van der Waals surface area contributed by atoms with Gasteiger partial charge in [0.05, 0.1) is 16.9 Å². The topological polar surface area (TPSA) is 58.4 Å². The summed E-state index contributed by atoms with van der Waals surface area (Å²) in [5.41, 5.74) is 0.484. The summed E-state index contributed by atoms with van der Waals surface area (Å²) in [7, 11) is 1.72. The highest BCUT2D eigenvalue weighted by Crippen LogP contribution is 2.22. The Bertz CT molecular complexity index is 891. The van der Waals surface area contributed by atoms with E-state index >= 15 is 0 Å².